The van der Waals surface area contributed by atoms with Crippen molar-refractivity contribution in [3.63, 3.8) is 0 Å². The first-order valence-electron chi connectivity index (χ1n) is 27.1. The zero-order valence-electron chi connectivity index (χ0n) is 47.5. The third-order valence-electron chi connectivity index (χ3n) is 14.9. The van der Waals surface area contributed by atoms with Crippen LogP contribution in [-0.4, -0.2) is 174 Å². The number of aryl methyl sites for hydroxylation is 1. The summed E-state index contributed by atoms with van der Waals surface area (Å²) < 4.78 is 125. The molecule has 88 heavy (non-hydrogen) atoms. The number of anilines is 1. The lowest BCUT2D eigenvalue weighted by Crippen LogP contribution is -2.38. The number of carbonyl (C=O) groups excluding carboxylic acids is 1. The minimum Gasteiger partial charge on any atom is -0.397 e. The number of fused-ring (bicyclic) bond motifs is 2. The van der Waals surface area contributed by atoms with Crippen LogP contribution in [-0.2, 0) is 80.3 Å². The Labute approximate surface area is 497 Å². The molecule has 490 valence electrons. The number of nitrogens with zero attached hydrogens (tertiary/aromatic N) is 7. The molecular weight excluding hydrogens is 1280 g/mol. The standard InChI is InChI=1S/C45H68N11O27P5/c1-6-9-22(7-2)25(57)16-24-26(78-41(33(24)59)56-21-53(4)32-39(56)51-44(47)52-40(32)62)17-76-87(70,71)82-84(64,65)14-15-85(66,67)83-88(72,73)77-19-28-36(37(74-5)43(80-28)55-20-49-31-30(46)23(8-3)10-12-48-38(31)55)81-86(68,69)75-18-27-34(60)35(61)42(79-27)54-13-11-29(58)50-45(54)63/h11-13,20-22,24,26-28,33-37,41-43,59-61H,6-10,14-19,46H2,1-5H3,(H8-,47,50,51,52,58,62,63,64,65,66,67,68,69,70,71,72,73)/p+1/t22?,24-,26-,27-,28-,33-,34-,35-,36-,37-,41-,42-,43-/m1/s1. The molecule has 0 spiro atoms. The SMILES string of the molecule is CCCC(CC)C(=O)C[C@H]1[C@@H](O)[C@H](n2c[n+](C)c3c(=O)[nH]c(N)nc32)O[C@@H]1COP(=O)(O)OP(=O)(O)CCP(=O)(O)OP(=O)(O)OC[C@H]1O[C@@H](n2cnc3c2N=CCC(CC)=C3N)[C@H](OC)[C@@H]1OP(=O)(O)OC[C@H]1O[C@@H](n2ccc(=O)[nH]c2=O)[C@H](O)[C@@H]1O. The van der Waals surface area contributed by atoms with Gasteiger partial charge in [-0.25, -0.2) is 41.7 Å². The smallest absolute Gasteiger partial charge is 0.397 e. The second-order valence-corrected chi connectivity index (χ2v) is 29.4. The van der Waals surface area contributed by atoms with Gasteiger partial charge < -0.3 is 70.2 Å². The first-order chi connectivity index (χ1) is 41.2. The topological polar surface area (TPSA) is 548 Å². The van der Waals surface area contributed by atoms with Crippen LogP contribution in [0.3, 0.4) is 0 Å². The molecule has 0 bridgehead atoms. The van der Waals surface area contributed by atoms with Gasteiger partial charge >= 0.3 is 49.9 Å². The van der Waals surface area contributed by atoms with Crippen molar-refractivity contribution >= 4 is 79.3 Å². The molecule has 0 amide bonds. The van der Waals surface area contributed by atoms with Crippen LogP contribution in [0, 0.1) is 11.8 Å². The molecule has 43 heteroatoms. The number of hydrogen-bond acceptors (Lipinski definition) is 27. The lowest BCUT2D eigenvalue weighted by atomic mass is 9.85. The fourth-order valence-corrected chi connectivity index (χ4v) is 17.8. The zero-order valence-corrected chi connectivity index (χ0v) is 52.0. The number of carbonyl (C=O) groups is 1. The normalized spacial score (nSPS) is 29.5. The highest BCUT2D eigenvalue weighted by Crippen LogP contribution is 2.65. The minimum absolute atomic E-state index is 0.0108. The Morgan fingerprint density at radius 3 is 2.01 bits per heavy atom. The molecule has 14 N–H and O–H groups in total. The number of Topliss-reactive ketones (excluding diaryl/α,β-unsaturated/α-hetero) is 1. The summed E-state index contributed by atoms with van der Waals surface area (Å²) in [5.41, 5.74) is 11.0. The molecule has 0 radical (unpaired) electrons. The average Bonchev–Trinajstić information content (AvgIpc) is 2.17. The Kier molecular flexibility index (Phi) is 21.8. The van der Waals surface area contributed by atoms with Gasteiger partial charge in [0.15, 0.2) is 18.3 Å². The maximum atomic E-state index is 13.8. The highest BCUT2D eigenvalue weighted by molar-refractivity contribution is 7.66. The van der Waals surface area contributed by atoms with E-state index in [-0.39, 0.29) is 46.5 Å². The molecular formula is C45H69N11O27P5+. The molecule has 8 heterocycles. The third-order valence-corrected chi connectivity index (χ3v) is 22.4. The Hall–Kier alpha value is -4.65. The van der Waals surface area contributed by atoms with E-state index < -0.39 is 167 Å². The number of H-pyrrole nitrogens is 2. The van der Waals surface area contributed by atoms with Crippen LogP contribution >= 0.6 is 38.7 Å². The number of phosphoric ester groups is 3. The van der Waals surface area contributed by atoms with Crippen molar-refractivity contribution < 1.29 is 118 Å². The number of allylic oxidation sites excluding steroid dienone is 1. The average molecular weight is 1350 g/mol. The molecule has 3 fully saturated rings. The van der Waals surface area contributed by atoms with Crippen LogP contribution < -0.4 is 32.8 Å². The second-order valence-electron chi connectivity index (χ2n) is 20.8. The number of methoxy groups -OCH3 is 1. The molecule has 0 aromatic carbocycles. The third kappa shape index (κ3) is 15.8. The van der Waals surface area contributed by atoms with E-state index in [2.05, 4.69) is 28.6 Å². The summed E-state index contributed by atoms with van der Waals surface area (Å²) >= 11 is 0. The second kappa shape index (κ2) is 27.7. The number of nitrogen functional groups attached to an aromatic ring is 1. The van der Waals surface area contributed by atoms with E-state index in [0.717, 1.165) is 29.5 Å². The number of phosphoric acid groups is 3. The molecule has 0 aliphatic carbocycles. The summed E-state index contributed by atoms with van der Waals surface area (Å²) in [5.74, 6) is -2.10. The van der Waals surface area contributed by atoms with Crippen LogP contribution in [0.25, 0.3) is 16.9 Å². The maximum Gasteiger partial charge on any atom is 0.479 e. The van der Waals surface area contributed by atoms with Crippen molar-refractivity contribution in [2.24, 2.45) is 29.6 Å². The van der Waals surface area contributed by atoms with Crippen LogP contribution in [0.4, 0.5) is 11.8 Å². The van der Waals surface area contributed by atoms with Crippen LogP contribution in [0.5, 0.6) is 0 Å². The van der Waals surface area contributed by atoms with Crippen LogP contribution in [0.15, 0.2) is 49.9 Å². The number of imidazole rings is 2. The fraction of sp³-hybridized carbons (Fsp3) is 0.644. The van der Waals surface area contributed by atoms with E-state index in [1.54, 1.807) is 6.92 Å². The Balaban J connectivity index is 0.931. The van der Waals surface area contributed by atoms with Crippen molar-refractivity contribution in [3.05, 3.63) is 67.4 Å². The van der Waals surface area contributed by atoms with Crippen molar-refractivity contribution in [1.29, 1.82) is 0 Å². The zero-order chi connectivity index (χ0) is 64.6. The van der Waals surface area contributed by atoms with Gasteiger partial charge in [0.25, 0.3) is 16.7 Å². The Morgan fingerprint density at radius 1 is 0.795 bits per heavy atom. The molecule has 8 rings (SSSR count). The van der Waals surface area contributed by atoms with Gasteiger partial charge in [-0.2, -0.15) is 9.55 Å². The molecule has 3 saturated heterocycles. The molecule has 38 nitrogen and oxygen atoms in total. The number of aromatic amines is 2. The molecule has 4 aliphatic heterocycles. The monoisotopic (exact) mass is 1350 g/mol. The number of nitrogens with two attached hydrogens (primary N) is 2. The van der Waals surface area contributed by atoms with E-state index >= 15 is 0 Å². The van der Waals surface area contributed by atoms with Crippen molar-refractivity contribution in [2.45, 2.75) is 127 Å². The summed E-state index contributed by atoms with van der Waals surface area (Å²) in [5, 5.41) is 33.1. The first kappa shape index (κ1) is 69.2. The van der Waals surface area contributed by atoms with E-state index in [4.69, 9.17) is 48.5 Å². The number of ketones is 1. The largest absolute Gasteiger partial charge is 0.479 e. The predicted molar refractivity (Wildman–Crippen MR) is 300 cm³/mol. The van der Waals surface area contributed by atoms with Crippen LogP contribution in [0.2, 0.25) is 0 Å². The van der Waals surface area contributed by atoms with Gasteiger partial charge in [0.1, 0.15) is 54.2 Å². The minimum atomic E-state index is -5.86. The summed E-state index contributed by atoms with van der Waals surface area (Å²) in [7, 11) is -25.6. The molecule has 18 atom stereocenters. The van der Waals surface area contributed by atoms with E-state index in [0.29, 0.717) is 32.1 Å². The highest BCUT2D eigenvalue weighted by Gasteiger charge is 2.54. The lowest BCUT2D eigenvalue weighted by molar-refractivity contribution is -0.646. The van der Waals surface area contributed by atoms with Gasteiger partial charge in [0.05, 0.1) is 57.3 Å². The summed E-state index contributed by atoms with van der Waals surface area (Å²) in [6.45, 7) is 2.30. The summed E-state index contributed by atoms with van der Waals surface area (Å²) in [6, 6.07) is 0.926. The molecule has 4 aliphatic rings. The number of hydrogen-bond donors (Lipinski definition) is 12. The van der Waals surface area contributed by atoms with E-state index in [1.807, 2.05) is 18.8 Å². The van der Waals surface area contributed by atoms with Gasteiger partial charge in [-0.05, 0) is 24.8 Å². The molecule has 6 unspecified atom stereocenters. The Bertz CT molecular complexity index is 3720. The van der Waals surface area contributed by atoms with Gasteiger partial charge in [0.2, 0.25) is 18.5 Å². The van der Waals surface area contributed by atoms with Crippen LogP contribution in [0.1, 0.15) is 83.7 Å². The lowest BCUT2D eigenvalue weighted by Gasteiger charge is -2.26. The maximum absolute atomic E-state index is 13.8. The number of aromatic nitrogens is 8. The highest BCUT2D eigenvalue weighted by atomic mass is 31.3. The summed E-state index contributed by atoms with van der Waals surface area (Å²) in [4.78, 5) is 122. The number of nitrogens with one attached hydrogen (secondary N) is 2. The van der Waals surface area contributed by atoms with Gasteiger partial charge in [-0.3, -0.25) is 60.7 Å². The van der Waals surface area contributed by atoms with Crippen molar-refractivity contribution in [3.8, 4) is 0 Å². The Morgan fingerprint density at radius 2 is 1.40 bits per heavy atom. The molecule has 4 aromatic rings. The number of aliphatic hydroxyl groups excluding tert-OH is 3. The van der Waals surface area contributed by atoms with E-state index in [1.165, 1.54) is 39.6 Å². The number of aliphatic imine (C=N–C) groups is 1. The molecule has 0 saturated carbocycles. The summed E-state index contributed by atoms with van der Waals surface area (Å²) in [6.07, 6.45) is -14.0. The molecule has 4 aromatic heterocycles. The van der Waals surface area contributed by atoms with E-state index in [9.17, 15) is 81.8 Å². The van der Waals surface area contributed by atoms with Gasteiger partial charge in [-0.15, -0.1) is 0 Å². The number of ether oxygens (including phenoxy) is 4. The van der Waals surface area contributed by atoms with Gasteiger partial charge in [-0.1, -0.05) is 27.2 Å². The number of rotatable bonds is 29. The quantitative estimate of drug-likeness (QED) is 0.0253. The first-order valence-corrected chi connectivity index (χ1v) is 35.1. The van der Waals surface area contributed by atoms with Gasteiger partial charge in [0, 0.05) is 50.3 Å². The van der Waals surface area contributed by atoms with Crippen molar-refractivity contribution in [1.82, 2.24) is 33.6 Å². The fourth-order valence-electron chi connectivity index (χ4n) is 10.5. The predicted octanol–water partition coefficient (Wildman–Crippen LogP) is 0.0958. The van der Waals surface area contributed by atoms with Crippen molar-refractivity contribution in [2.75, 3.05) is 45.0 Å². The number of aliphatic hydroxyl groups is 3.